The Bertz CT molecular complexity index is 1170. The highest BCUT2D eigenvalue weighted by Gasteiger charge is 2.51. The minimum atomic E-state index is -4.85. The molecule has 1 fully saturated rings. The van der Waals surface area contributed by atoms with E-state index in [0.717, 1.165) is 29.2 Å². The maximum Gasteiger partial charge on any atom is 0.424 e. The molecule has 31 heavy (non-hydrogen) atoms. The Balaban J connectivity index is 2.12. The van der Waals surface area contributed by atoms with Gasteiger partial charge in [0.15, 0.2) is 5.11 Å². The molecule has 0 unspecified atom stereocenters. The molecule has 0 radical (unpaired) electrons. The Morgan fingerprint density at radius 2 is 1.71 bits per heavy atom. The van der Waals surface area contributed by atoms with Crippen LogP contribution in [-0.2, 0) is 11.0 Å². The van der Waals surface area contributed by atoms with Crippen LogP contribution in [0, 0.1) is 11.3 Å². The quantitative estimate of drug-likeness (QED) is 0.358. The van der Waals surface area contributed by atoms with E-state index in [0.29, 0.717) is 6.07 Å². The van der Waals surface area contributed by atoms with Crippen molar-refractivity contribution in [1.29, 1.82) is 5.26 Å². The lowest BCUT2D eigenvalue weighted by Gasteiger charge is -2.29. The van der Waals surface area contributed by atoms with Crippen LogP contribution >= 0.6 is 12.2 Å². The molecule has 0 saturated carbocycles. The minimum absolute atomic E-state index is 0.0106. The lowest BCUT2D eigenvalue weighted by molar-refractivity contribution is -0.137. The zero-order chi connectivity index (χ0) is 23.4. The van der Waals surface area contributed by atoms with E-state index in [2.05, 4.69) is 5.73 Å². The number of carbonyl (C=O) groups is 1. The van der Waals surface area contributed by atoms with Crippen LogP contribution in [0.4, 0.5) is 32.0 Å². The summed E-state index contributed by atoms with van der Waals surface area (Å²) in [6.07, 6.45) is -7.71. The predicted octanol–water partition coefficient (Wildman–Crippen LogP) is 4.99. The molecular weight excluding hydrogens is 444 g/mol. The molecule has 0 aromatic heterocycles. The number of hydrogen-bond acceptors (Lipinski definition) is 3. The number of halogens is 6. The number of hydrogen-bond donors (Lipinski definition) is 0. The van der Waals surface area contributed by atoms with Gasteiger partial charge in [0.2, 0.25) is 0 Å². The summed E-state index contributed by atoms with van der Waals surface area (Å²) in [5.41, 5.74) is -0.358. The van der Waals surface area contributed by atoms with E-state index in [9.17, 15) is 31.1 Å². The molecule has 2 aliphatic rings. The first-order chi connectivity index (χ1) is 14.2. The highest BCUT2D eigenvalue weighted by atomic mass is 32.1. The number of nitriles is 1. The first-order valence-electron chi connectivity index (χ1n) is 8.51. The van der Waals surface area contributed by atoms with Crippen LogP contribution in [0.2, 0.25) is 0 Å². The number of thiocarbonyl (C=S) groups is 1. The standard InChI is InChI=1S/C20H11F6N3OS/c1-18(2)16(30)28(14-6-3-11(10-27)15(9-14)20(24,25)26)17(31)29(18)13-7-4-12(5-8-13)19(21,22)23/h3-4,6-7,9H,1-2H3. The van der Waals surface area contributed by atoms with E-state index in [1.54, 1.807) is 0 Å². The summed E-state index contributed by atoms with van der Waals surface area (Å²) in [5.74, 6) is -0.705. The number of nitrogens with zero attached hydrogens (tertiary/aromatic N) is 3. The molecule has 0 bridgehead atoms. The number of anilines is 1. The topological polar surface area (TPSA) is 47.3 Å². The minimum Gasteiger partial charge on any atom is -0.296 e. The molecule has 1 saturated heterocycles. The van der Waals surface area contributed by atoms with Gasteiger partial charge >= 0.3 is 12.4 Å². The van der Waals surface area contributed by atoms with Crippen molar-refractivity contribution in [2.75, 3.05) is 4.90 Å². The molecule has 1 aromatic rings. The van der Waals surface area contributed by atoms with E-state index in [-0.39, 0.29) is 16.5 Å². The monoisotopic (exact) mass is 455 g/mol. The van der Waals surface area contributed by atoms with Crippen molar-refractivity contribution in [2.24, 2.45) is 0 Å². The summed E-state index contributed by atoms with van der Waals surface area (Å²) in [6, 6.07) is 4.13. The van der Waals surface area contributed by atoms with Gasteiger partial charge in [0.1, 0.15) is 11.1 Å². The number of benzene rings is 1. The van der Waals surface area contributed by atoms with Gasteiger partial charge in [-0.2, -0.15) is 31.6 Å². The zero-order valence-corrected chi connectivity index (χ0v) is 16.6. The summed E-state index contributed by atoms with van der Waals surface area (Å²) in [4.78, 5) is 15.0. The van der Waals surface area contributed by atoms with Gasteiger partial charge in [0.05, 0.1) is 28.6 Å². The van der Waals surface area contributed by atoms with Crippen LogP contribution < -0.4 is 4.90 Å². The van der Waals surface area contributed by atoms with Crippen LogP contribution in [0.15, 0.2) is 53.1 Å². The summed E-state index contributed by atoms with van der Waals surface area (Å²) >= 11 is 5.28. The van der Waals surface area contributed by atoms with E-state index < -0.39 is 40.5 Å². The Labute approximate surface area is 177 Å². The second kappa shape index (κ2) is 7.13. The molecule has 0 atom stereocenters. The van der Waals surface area contributed by atoms with Crippen molar-refractivity contribution in [1.82, 2.24) is 4.90 Å². The third kappa shape index (κ3) is 3.77. The van der Waals surface area contributed by atoms with Crippen molar-refractivity contribution < 1.29 is 31.1 Å². The maximum absolute atomic E-state index is 13.3. The summed E-state index contributed by atoms with van der Waals surface area (Å²) in [7, 11) is 0. The predicted molar refractivity (Wildman–Crippen MR) is 101 cm³/mol. The number of amides is 1. The molecule has 1 amide bonds. The lowest BCUT2D eigenvalue weighted by atomic mass is 10.0. The fraction of sp³-hybridized carbons (Fsp3) is 0.250. The van der Waals surface area contributed by atoms with Gasteiger partial charge in [-0.05, 0) is 62.1 Å². The molecule has 1 aromatic carbocycles. The molecular formula is C20H11F6N3OS. The number of carbonyl (C=O) groups excluding carboxylic acids is 1. The largest absolute Gasteiger partial charge is 0.424 e. The highest BCUT2D eigenvalue weighted by molar-refractivity contribution is 7.80. The molecule has 1 heterocycles. The van der Waals surface area contributed by atoms with Gasteiger partial charge in [0.25, 0.3) is 5.91 Å². The molecule has 3 rings (SSSR count). The van der Waals surface area contributed by atoms with E-state index in [1.165, 1.54) is 24.8 Å². The van der Waals surface area contributed by atoms with Crippen molar-refractivity contribution in [3.05, 3.63) is 64.2 Å². The van der Waals surface area contributed by atoms with Crippen molar-refractivity contribution in [2.45, 2.75) is 31.7 Å². The number of rotatable bonds is 2. The van der Waals surface area contributed by atoms with Crippen LogP contribution in [0.1, 0.15) is 25.0 Å². The molecule has 4 nitrogen and oxygen atoms in total. The van der Waals surface area contributed by atoms with E-state index >= 15 is 0 Å². The van der Waals surface area contributed by atoms with Crippen molar-refractivity contribution in [3.8, 4) is 6.07 Å². The lowest BCUT2D eigenvalue weighted by Crippen LogP contribution is -2.43. The Morgan fingerprint density at radius 3 is 2.19 bits per heavy atom. The smallest absolute Gasteiger partial charge is 0.296 e. The fourth-order valence-electron chi connectivity index (χ4n) is 3.10. The maximum atomic E-state index is 13.3. The molecule has 11 heteroatoms. The van der Waals surface area contributed by atoms with Crippen LogP contribution in [-0.4, -0.2) is 27.6 Å². The SMILES string of the molecule is CC1(C)C(=O)N(c2ccc(C#N)c(C(F)(F)F)c2)C(=S)N1C1=C=C=C(C(F)(F)F)C=C1. The zero-order valence-electron chi connectivity index (χ0n) is 15.8. The second-order valence-corrected chi connectivity index (χ2v) is 7.40. The van der Waals surface area contributed by atoms with E-state index in [1.807, 2.05) is 5.73 Å². The van der Waals surface area contributed by atoms with Gasteiger partial charge in [-0.1, -0.05) is 5.73 Å². The van der Waals surface area contributed by atoms with Gasteiger partial charge in [-0.25, -0.2) is 0 Å². The van der Waals surface area contributed by atoms with Gasteiger partial charge in [0, 0.05) is 0 Å². The first-order valence-corrected chi connectivity index (χ1v) is 8.91. The van der Waals surface area contributed by atoms with Crippen LogP contribution in [0.5, 0.6) is 0 Å². The average Bonchev–Trinajstić information content (AvgIpc) is 2.84. The summed E-state index contributed by atoms with van der Waals surface area (Å²) < 4.78 is 78.4. The van der Waals surface area contributed by atoms with Gasteiger partial charge < -0.3 is 0 Å². The second-order valence-electron chi connectivity index (χ2n) is 7.04. The Hall–Kier alpha value is -3.31. The van der Waals surface area contributed by atoms with Crippen LogP contribution in [0.25, 0.3) is 0 Å². The molecule has 1 aliphatic heterocycles. The molecule has 1 aliphatic carbocycles. The number of allylic oxidation sites excluding steroid dienone is 3. The summed E-state index contributed by atoms with van der Waals surface area (Å²) in [5, 5.41) is 8.69. The summed E-state index contributed by atoms with van der Waals surface area (Å²) in [6.45, 7) is 2.84. The fourth-order valence-corrected chi connectivity index (χ4v) is 3.62. The molecule has 0 N–H and O–H groups in total. The highest BCUT2D eigenvalue weighted by Crippen LogP contribution is 2.39. The Morgan fingerprint density at radius 1 is 1.06 bits per heavy atom. The normalized spacial score (nSPS) is 18.3. The van der Waals surface area contributed by atoms with Crippen LogP contribution in [0.3, 0.4) is 0 Å². The van der Waals surface area contributed by atoms with Crippen molar-refractivity contribution >= 4 is 28.9 Å². The Kier molecular flexibility index (Phi) is 5.15. The third-order valence-electron chi connectivity index (χ3n) is 4.63. The van der Waals surface area contributed by atoms with E-state index in [4.69, 9.17) is 17.5 Å². The van der Waals surface area contributed by atoms with Gasteiger partial charge in [-0.15, -0.1) is 0 Å². The molecule has 0 spiro atoms. The first kappa shape index (κ1) is 22.4. The molecule has 160 valence electrons. The average molecular weight is 455 g/mol. The van der Waals surface area contributed by atoms with Crippen molar-refractivity contribution in [3.63, 3.8) is 0 Å². The third-order valence-corrected chi connectivity index (χ3v) is 5.00. The number of alkyl halides is 6. The van der Waals surface area contributed by atoms with Gasteiger partial charge in [-0.3, -0.25) is 14.6 Å².